The van der Waals surface area contributed by atoms with Crippen LogP contribution in [0.4, 0.5) is 0 Å². The van der Waals surface area contributed by atoms with Crippen LogP contribution in [0, 0.1) is 17.3 Å². The molecule has 3 heterocycles. The molecule has 0 saturated carbocycles. The van der Waals surface area contributed by atoms with E-state index in [1.54, 1.807) is 27.0 Å². The molecule has 7 nitrogen and oxygen atoms in total. The second-order valence-corrected chi connectivity index (χ2v) is 11.5. The van der Waals surface area contributed by atoms with Crippen LogP contribution >= 0.6 is 0 Å². The minimum Gasteiger partial charge on any atom is -0.457 e. The van der Waals surface area contributed by atoms with E-state index in [0.29, 0.717) is 6.42 Å². The summed E-state index contributed by atoms with van der Waals surface area (Å²) in [7, 11) is 0. The van der Waals surface area contributed by atoms with E-state index in [4.69, 9.17) is 9.47 Å². The summed E-state index contributed by atoms with van der Waals surface area (Å²) in [6.45, 7) is 8.97. The Hall–Kier alpha value is -2.35. The average molecular weight is 498 g/mol. The molecule has 2 N–H and O–H groups in total. The van der Waals surface area contributed by atoms with Gasteiger partial charge < -0.3 is 19.7 Å². The second kappa shape index (κ2) is 10.2. The highest BCUT2D eigenvalue weighted by atomic mass is 16.6. The molecule has 2 aromatic rings. The van der Waals surface area contributed by atoms with Crippen LogP contribution < -0.4 is 0 Å². The Morgan fingerprint density at radius 3 is 2.58 bits per heavy atom. The highest BCUT2D eigenvalue weighted by Crippen LogP contribution is 2.46. The molecular weight excluding hydrogens is 458 g/mol. The van der Waals surface area contributed by atoms with Crippen molar-refractivity contribution in [3.05, 3.63) is 42.1 Å². The molecule has 0 aliphatic carbocycles. The molecule has 0 amide bonds. The minimum atomic E-state index is -1.24. The predicted octanol–water partition coefficient (Wildman–Crippen LogP) is 4.53. The minimum absolute atomic E-state index is 0.0651. The predicted molar refractivity (Wildman–Crippen MR) is 136 cm³/mol. The van der Waals surface area contributed by atoms with Crippen molar-refractivity contribution in [2.45, 2.75) is 96.7 Å². The van der Waals surface area contributed by atoms with Crippen molar-refractivity contribution in [3.63, 3.8) is 0 Å². The molecule has 2 saturated heterocycles. The van der Waals surface area contributed by atoms with E-state index in [1.807, 2.05) is 37.3 Å². The molecule has 2 aliphatic rings. The third-order valence-electron chi connectivity index (χ3n) is 8.41. The van der Waals surface area contributed by atoms with Gasteiger partial charge in [-0.2, -0.15) is 0 Å². The van der Waals surface area contributed by atoms with Gasteiger partial charge >= 0.3 is 5.97 Å². The smallest absolute Gasteiger partial charge is 0.309 e. The molecule has 2 aliphatic heterocycles. The molecule has 2 fully saturated rings. The largest absolute Gasteiger partial charge is 0.457 e. The topological polar surface area (TPSA) is 109 Å². The number of hydrogen-bond donors (Lipinski definition) is 2. The van der Waals surface area contributed by atoms with Crippen LogP contribution in [0.2, 0.25) is 0 Å². The zero-order valence-corrected chi connectivity index (χ0v) is 21.9. The molecule has 7 heteroatoms. The quantitative estimate of drug-likeness (QED) is 0.440. The van der Waals surface area contributed by atoms with Crippen molar-refractivity contribution >= 4 is 22.7 Å². The van der Waals surface area contributed by atoms with Gasteiger partial charge in [0.15, 0.2) is 0 Å². The van der Waals surface area contributed by atoms with Gasteiger partial charge in [-0.1, -0.05) is 52.3 Å². The standard InChI is InChI=1S/C29H39NO6/c1-17-8-6-12-29(5)24(36-29)15-22(20-11-10-19-9-7-13-30-21(19)14-20)35-25(32)16-23(31)28(3,4)27(34)18(2)26(17)33/h7,9-11,13-14,17-18,22-24,26,31,33H,6,8,12,15-16H2,1-5H3/t17-,18+,22-,23-,24-,26?,29+/m0/s1. The van der Waals surface area contributed by atoms with Gasteiger partial charge in [-0.05, 0) is 43.4 Å². The summed E-state index contributed by atoms with van der Waals surface area (Å²) in [6, 6.07) is 9.69. The number of carbonyl (C=O) groups is 2. The summed E-state index contributed by atoms with van der Waals surface area (Å²) in [4.78, 5) is 30.7. The number of hydrogen-bond acceptors (Lipinski definition) is 7. The Kier molecular flexibility index (Phi) is 7.56. The number of pyridine rings is 1. The summed E-state index contributed by atoms with van der Waals surface area (Å²) in [5.41, 5.74) is 0.107. The van der Waals surface area contributed by atoms with E-state index in [9.17, 15) is 19.8 Å². The SMILES string of the molecule is C[C@H]1CCC[C@@]2(C)O[C@H]2C[C@@H](c2ccc3cccnc3c2)OC(=O)C[C@H](O)C(C)(C)C(=O)[C@H](C)C1O. The maximum absolute atomic E-state index is 13.3. The van der Waals surface area contributed by atoms with Gasteiger partial charge in [-0.3, -0.25) is 14.6 Å². The first-order valence-corrected chi connectivity index (χ1v) is 13.0. The zero-order chi connectivity index (χ0) is 26.3. The van der Waals surface area contributed by atoms with Gasteiger partial charge in [0.2, 0.25) is 0 Å². The summed E-state index contributed by atoms with van der Waals surface area (Å²) < 4.78 is 12.0. The molecule has 1 unspecified atom stereocenters. The van der Waals surface area contributed by atoms with Crippen LogP contribution in [0.1, 0.15) is 78.4 Å². The highest BCUT2D eigenvalue weighted by Gasteiger charge is 2.53. The number of cyclic esters (lactones) is 1. The van der Waals surface area contributed by atoms with E-state index < -0.39 is 35.6 Å². The molecule has 0 bridgehead atoms. The first kappa shape index (κ1) is 26.7. The number of rotatable bonds is 1. The average Bonchev–Trinajstić information content (AvgIpc) is 3.49. The molecule has 0 radical (unpaired) electrons. The Morgan fingerprint density at radius 2 is 1.83 bits per heavy atom. The third kappa shape index (κ3) is 5.48. The number of carbonyl (C=O) groups excluding carboxylic acids is 2. The van der Waals surface area contributed by atoms with Gasteiger partial charge in [0.25, 0.3) is 0 Å². The second-order valence-electron chi connectivity index (χ2n) is 11.5. The molecule has 196 valence electrons. The van der Waals surface area contributed by atoms with Crippen LogP contribution in [-0.2, 0) is 19.1 Å². The number of ether oxygens (including phenoxy) is 2. The van der Waals surface area contributed by atoms with Gasteiger partial charge in [0.05, 0.1) is 41.3 Å². The fraction of sp³-hybridized carbons (Fsp3) is 0.621. The van der Waals surface area contributed by atoms with Gasteiger partial charge in [0.1, 0.15) is 11.9 Å². The van der Waals surface area contributed by atoms with Crippen molar-refractivity contribution in [1.29, 1.82) is 0 Å². The zero-order valence-electron chi connectivity index (χ0n) is 21.9. The Balaban J connectivity index is 1.62. The van der Waals surface area contributed by atoms with Crippen LogP contribution in [0.25, 0.3) is 10.9 Å². The molecule has 1 aromatic carbocycles. The molecule has 1 aromatic heterocycles. The van der Waals surface area contributed by atoms with Crippen molar-refractivity contribution in [3.8, 4) is 0 Å². The fourth-order valence-corrected chi connectivity index (χ4v) is 5.50. The van der Waals surface area contributed by atoms with E-state index in [2.05, 4.69) is 11.9 Å². The first-order valence-electron chi connectivity index (χ1n) is 13.0. The van der Waals surface area contributed by atoms with E-state index in [0.717, 1.165) is 35.7 Å². The number of ketones is 1. The number of nitrogens with zero attached hydrogens (tertiary/aromatic N) is 1. The Bertz CT molecular complexity index is 1120. The summed E-state index contributed by atoms with van der Waals surface area (Å²) in [5, 5.41) is 22.8. The van der Waals surface area contributed by atoms with Gasteiger partial charge in [-0.25, -0.2) is 0 Å². The van der Waals surface area contributed by atoms with Crippen molar-refractivity contribution in [2.75, 3.05) is 0 Å². The number of aromatic nitrogens is 1. The monoisotopic (exact) mass is 497 g/mol. The van der Waals surface area contributed by atoms with Gasteiger partial charge in [-0.15, -0.1) is 0 Å². The molecule has 0 spiro atoms. The van der Waals surface area contributed by atoms with Gasteiger partial charge in [0, 0.05) is 23.9 Å². The summed E-state index contributed by atoms with van der Waals surface area (Å²) >= 11 is 0. The van der Waals surface area contributed by atoms with Crippen LogP contribution in [0.15, 0.2) is 36.5 Å². The first-order chi connectivity index (χ1) is 16.9. The number of Topliss-reactive ketones (excluding diaryl/α,β-unsaturated/α-hetero) is 1. The third-order valence-corrected chi connectivity index (χ3v) is 8.41. The number of epoxide rings is 1. The normalized spacial score (nSPS) is 36.2. The molecule has 7 atom stereocenters. The Morgan fingerprint density at radius 1 is 1.08 bits per heavy atom. The maximum Gasteiger partial charge on any atom is 0.309 e. The lowest BCUT2D eigenvalue weighted by atomic mass is 9.73. The van der Waals surface area contributed by atoms with Crippen molar-refractivity contribution < 1.29 is 29.3 Å². The molecule has 4 rings (SSSR count). The number of fused-ring (bicyclic) bond motifs is 2. The number of esters is 1. The van der Waals surface area contributed by atoms with Crippen LogP contribution in [0.3, 0.4) is 0 Å². The number of benzene rings is 1. The van der Waals surface area contributed by atoms with Crippen LogP contribution in [0.5, 0.6) is 0 Å². The number of aliphatic hydroxyl groups excluding tert-OH is 2. The molecule has 36 heavy (non-hydrogen) atoms. The lowest BCUT2D eigenvalue weighted by Gasteiger charge is -2.34. The van der Waals surface area contributed by atoms with Crippen molar-refractivity contribution in [2.24, 2.45) is 17.3 Å². The van der Waals surface area contributed by atoms with E-state index >= 15 is 0 Å². The lowest BCUT2D eigenvalue weighted by molar-refractivity contribution is -0.156. The van der Waals surface area contributed by atoms with Crippen LogP contribution in [-0.4, -0.2) is 50.9 Å². The lowest BCUT2D eigenvalue weighted by Crippen LogP contribution is -2.45. The summed E-state index contributed by atoms with van der Waals surface area (Å²) in [6.07, 6.45) is 1.66. The molecular formula is C29H39NO6. The van der Waals surface area contributed by atoms with E-state index in [1.165, 1.54) is 0 Å². The summed E-state index contributed by atoms with van der Waals surface area (Å²) in [5.74, 6) is -1.57. The van der Waals surface area contributed by atoms with E-state index in [-0.39, 0.29) is 29.8 Å². The number of aliphatic hydroxyl groups is 2. The highest BCUT2D eigenvalue weighted by molar-refractivity contribution is 5.88. The maximum atomic E-state index is 13.3. The Labute approximate surface area is 213 Å². The van der Waals surface area contributed by atoms with Crippen molar-refractivity contribution in [1.82, 2.24) is 4.98 Å². The fourth-order valence-electron chi connectivity index (χ4n) is 5.50.